The lowest BCUT2D eigenvalue weighted by Crippen LogP contribution is -2.04. The Bertz CT molecular complexity index is 214. The SMILES string of the molecule is c1cn(CCC2CCOC2)cn1. The van der Waals surface area contributed by atoms with Crippen LogP contribution in [0.5, 0.6) is 0 Å². The van der Waals surface area contributed by atoms with E-state index >= 15 is 0 Å². The first-order valence-electron chi connectivity index (χ1n) is 4.48. The summed E-state index contributed by atoms with van der Waals surface area (Å²) < 4.78 is 7.43. The fourth-order valence-corrected chi connectivity index (χ4v) is 1.56. The average Bonchev–Trinajstić information content (AvgIpc) is 2.74. The minimum Gasteiger partial charge on any atom is -0.381 e. The summed E-state index contributed by atoms with van der Waals surface area (Å²) in [6.07, 6.45) is 8.15. The van der Waals surface area contributed by atoms with Gasteiger partial charge in [0.25, 0.3) is 0 Å². The quantitative estimate of drug-likeness (QED) is 0.677. The van der Waals surface area contributed by atoms with Crippen LogP contribution in [0.4, 0.5) is 0 Å². The molecule has 2 heterocycles. The number of aromatic nitrogens is 2. The molecular weight excluding hydrogens is 152 g/mol. The highest BCUT2D eigenvalue weighted by Gasteiger charge is 2.14. The molecule has 3 heteroatoms. The van der Waals surface area contributed by atoms with E-state index in [-0.39, 0.29) is 0 Å². The molecule has 0 radical (unpaired) electrons. The molecule has 3 nitrogen and oxygen atoms in total. The van der Waals surface area contributed by atoms with Crippen LogP contribution < -0.4 is 0 Å². The number of hydrogen-bond acceptors (Lipinski definition) is 2. The van der Waals surface area contributed by atoms with Crippen LogP contribution in [-0.2, 0) is 11.3 Å². The van der Waals surface area contributed by atoms with Crippen molar-refractivity contribution in [1.29, 1.82) is 0 Å². The lowest BCUT2D eigenvalue weighted by atomic mass is 10.1. The zero-order valence-corrected chi connectivity index (χ0v) is 7.15. The smallest absolute Gasteiger partial charge is 0.0945 e. The Morgan fingerprint density at radius 1 is 1.58 bits per heavy atom. The molecule has 0 bridgehead atoms. The van der Waals surface area contributed by atoms with Gasteiger partial charge in [0, 0.05) is 32.2 Å². The fraction of sp³-hybridized carbons (Fsp3) is 0.667. The van der Waals surface area contributed by atoms with Crippen molar-refractivity contribution in [2.75, 3.05) is 13.2 Å². The van der Waals surface area contributed by atoms with Gasteiger partial charge in [0.15, 0.2) is 0 Å². The zero-order chi connectivity index (χ0) is 8.23. The van der Waals surface area contributed by atoms with Crippen LogP contribution >= 0.6 is 0 Å². The second kappa shape index (κ2) is 3.72. The third-order valence-corrected chi connectivity index (χ3v) is 2.38. The van der Waals surface area contributed by atoms with Gasteiger partial charge in [-0.1, -0.05) is 0 Å². The molecule has 1 atom stereocenters. The lowest BCUT2D eigenvalue weighted by molar-refractivity contribution is 0.183. The zero-order valence-electron chi connectivity index (χ0n) is 7.15. The van der Waals surface area contributed by atoms with Gasteiger partial charge >= 0.3 is 0 Å². The van der Waals surface area contributed by atoms with Crippen molar-refractivity contribution in [1.82, 2.24) is 9.55 Å². The highest BCUT2D eigenvalue weighted by molar-refractivity contribution is 4.75. The van der Waals surface area contributed by atoms with Crippen molar-refractivity contribution in [3.05, 3.63) is 18.7 Å². The molecule has 0 spiro atoms. The Labute approximate surface area is 72.4 Å². The number of nitrogens with zero attached hydrogens (tertiary/aromatic N) is 2. The summed E-state index contributed by atoms with van der Waals surface area (Å²) in [6.45, 7) is 2.98. The minimum absolute atomic E-state index is 0.771. The maximum absolute atomic E-state index is 5.30. The Balaban J connectivity index is 1.74. The summed E-state index contributed by atoms with van der Waals surface area (Å²) in [5.74, 6) is 0.771. The largest absolute Gasteiger partial charge is 0.381 e. The van der Waals surface area contributed by atoms with Gasteiger partial charge in [-0.25, -0.2) is 4.98 Å². The predicted molar refractivity (Wildman–Crippen MR) is 45.8 cm³/mol. The maximum atomic E-state index is 5.30. The van der Waals surface area contributed by atoms with E-state index < -0.39 is 0 Å². The molecule has 1 aromatic rings. The van der Waals surface area contributed by atoms with Gasteiger partial charge in [0.1, 0.15) is 0 Å². The van der Waals surface area contributed by atoms with Crippen molar-refractivity contribution in [2.45, 2.75) is 19.4 Å². The summed E-state index contributed by atoms with van der Waals surface area (Å²) in [7, 11) is 0. The van der Waals surface area contributed by atoms with Crippen LogP contribution in [0.15, 0.2) is 18.7 Å². The molecular formula is C9H14N2O. The van der Waals surface area contributed by atoms with E-state index in [1.807, 2.05) is 18.7 Å². The number of rotatable bonds is 3. The molecule has 1 aliphatic heterocycles. The Morgan fingerprint density at radius 3 is 3.25 bits per heavy atom. The van der Waals surface area contributed by atoms with Crippen LogP contribution in [0, 0.1) is 5.92 Å². The monoisotopic (exact) mass is 166 g/mol. The third-order valence-electron chi connectivity index (χ3n) is 2.38. The normalized spacial score (nSPS) is 23.2. The fourth-order valence-electron chi connectivity index (χ4n) is 1.56. The molecule has 0 amide bonds. The molecule has 2 rings (SSSR count). The average molecular weight is 166 g/mol. The van der Waals surface area contributed by atoms with E-state index in [4.69, 9.17) is 4.74 Å². The van der Waals surface area contributed by atoms with Crippen LogP contribution in [0.25, 0.3) is 0 Å². The first kappa shape index (κ1) is 7.80. The molecule has 0 saturated carbocycles. The maximum Gasteiger partial charge on any atom is 0.0945 e. The molecule has 12 heavy (non-hydrogen) atoms. The molecule has 0 N–H and O–H groups in total. The van der Waals surface area contributed by atoms with E-state index in [9.17, 15) is 0 Å². The van der Waals surface area contributed by atoms with E-state index in [0.717, 1.165) is 25.7 Å². The summed E-state index contributed by atoms with van der Waals surface area (Å²) >= 11 is 0. The lowest BCUT2D eigenvalue weighted by Gasteiger charge is -2.06. The highest BCUT2D eigenvalue weighted by Crippen LogP contribution is 2.16. The van der Waals surface area contributed by atoms with Crippen LogP contribution in [0.3, 0.4) is 0 Å². The molecule has 1 unspecified atom stereocenters. The minimum atomic E-state index is 0.771. The number of ether oxygens (including phenoxy) is 1. The summed E-state index contributed by atoms with van der Waals surface area (Å²) in [4.78, 5) is 4.00. The van der Waals surface area contributed by atoms with E-state index in [0.29, 0.717) is 0 Å². The van der Waals surface area contributed by atoms with E-state index in [1.54, 1.807) is 0 Å². The van der Waals surface area contributed by atoms with E-state index in [1.165, 1.54) is 12.8 Å². The van der Waals surface area contributed by atoms with Crippen molar-refractivity contribution >= 4 is 0 Å². The highest BCUT2D eigenvalue weighted by atomic mass is 16.5. The van der Waals surface area contributed by atoms with Gasteiger partial charge in [0.2, 0.25) is 0 Å². The third kappa shape index (κ3) is 1.85. The van der Waals surface area contributed by atoms with Crippen LogP contribution in [0.2, 0.25) is 0 Å². The topological polar surface area (TPSA) is 27.1 Å². The number of hydrogen-bond donors (Lipinski definition) is 0. The number of aryl methyl sites for hydroxylation is 1. The van der Waals surface area contributed by atoms with Gasteiger partial charge in [-0.05, 0) is 18.8 Å². The Morgan fingerprint density at radius 2 is 2.58 bits per heavy atom. The van der Waals surface area contributed by atoms with Gasteiger partial charge in [0.05, 0.1) is 6.33 Å². The van der Waals surface area contributed by atoms with Gasteiger partial charge in [-0.15, -0.1) is 0 Å². The Kier molecular flexibility index (Phi) is 2.42. The summed E-state index contributed by atoms with van der Waals surface area (Å²) in [6, 6.07) is 0. The molecule has 66 valence electrons. The molecule has 0 aromatic carbocycles. The van der Waals surface area contributed by atoms with Crippen molar-refractivity contribution in [3.63, 3.8) is 0 Å². The second-order valence-electron chi connectivity index (χ2n) is 3.32. The molecule has 0 aliphatic carbocycles. The second-order valence-corrected chi connectivity index (χ2v) is 3.32. The first-order chi connectivity index (χ1) is 5.95. The molecule has 1 saturated heterocycles. The van der Waals surface area contributed by atoms with Gasteiger partial charge < -0.3 is 9.30 Å². The number of imidazole rings is 1. The molecule has 1 fully saturated rings. The van der Waals surface area contributed by atoms with E-state index in [2.05, 4.69) is 9.55 Å². The Hall–Kier alpha value is -0.830. The van der Waals surface area contributed by atoms with Crippen molar-refractivity contribution in [3.8, 4) is 0 Å². The van der Waals surface area contributed by atoms with Crippen LogP contribution in [0.1, 0.15) is 12.8 Å². The van der Waals surface area contributed by atoms with Gasteiger partial charge in [-0.2, -0.15) is 0 Å². The standard InChI is InChI=1S/C9H14N2O/c1(9-2-6-12-7-9)4-11-5-3-10-8-11/h3,5,8-9H,1-2,4,6-7H2. The van der Waals surface area contributed by atoms with Crippen LogP contribution in [-0.4, -0.2) is 22.8 Å². The summed E-state index contributed by atoms with van der Waals surface area (Å²) in [5, 5.41) is 0. The van der Waals surface area contributed by atoms with Crippen molar-refractivity contribution in [2.24, 2.45) is 5.92 Å². The molecule has 1 aromatic heterocycles. The first-order valence-corrected chi connectivity index (χ1v) is 4.48. The van der Waals surface area contributed by atoms with Gasteiger partial charge in [-0.3, -0.25) is 0 Å². The molecule has 1 aliphatic rings. The summed E-state index contributed by atoms with van der Waals surface area (Å²) in [5.41, 5.74) is 0. The van der Waals surface area contributed by atoms with Crippen molar-refractivity contribution < 1.29 is 4.74 Å². The predicted octanol–water partition coefficient (Wildman–Crippen LogP) is 1.31.